The maximum atomic E-state index is 11.7. The number of nitrogens with one attached hydrogen (secondary N) is 3. The third-order valence-corrected chi connectivity index (χ3v) is 4.21. The Kier molecular flexibility index (Phi) is 11.2. The first kappa shape index (κ1) is 20.7. The molecule has 0 spiro atoms. The molecule has 0 aliphatic carbocycles. The van der Waals surface area contributed by atoms with Crippen LogP contribution in [0.5, 0.6) is 0 Å². The Morgan fingerprint density at radius 1 is 1.25 bits per heavy atom. The molecule has 24 heavy (non-hydrogen) atoms. The molecule has 0 aromatic rings. The van der Waals surface area contributed by atoms with Gasteiger partial charge in [0, 0.05) is 39.3 Å². The third kappa shape index (κ3) is 9.08. The summed E-state index contributed by atoms with van der Waals surface area (Å²) < 4.78 is 4.90. The number of aliphatic imine (C=N–C) groups is 1. The van der Waals surface area contributed by atoms with Crippen LogP contribution >= 0.6 is 0 Å². The number of piperidine rings is 1. The molecule has 7 heteroatoms. The molecule has 1 heterocycles. The number of hydrogen-bond acceptors (Lipinski definition) is 4. The van der Waals surface area contributed by atoms with E-state index >= 15 is 0 Å². The Balaban J connectivity index is 2.23. The van der Waals surface area contributed by atoms with Gasteiger partial charge in [-0.15, -0.1) is 0 Å². The summed E-state index contributed by atoms with van der Waals surface area (Å²) in [6.07, 6.45) is 5.07. The topological polar surface area (TPSA) is 78.0 Å². The lowest BCUT2D eigenvalue weighted by Crippen LogP contribution is -2.41. The number of methoxy groups -OCH3 is 1. The molecule has 0 aromatic heterocycles. The second kappa shape index (κ2) is 13.0. The summed E-state index contributed by atoms with van der Waals surface area (Å²) in [7, 11) is 1.61. The summed E-state index contributed by atoms with van der Waals surface area (Å²) in [5.74, 6) is 0.609. The second-order valence-electron chi connectivity index (χ2n) is 6.20. The van der Waals surface area contributed by atoms with E-state index in [1.54, 1.807) is 7.11 Å². The van der Waals surface area contributed by atoms with Crippen LogP contribution in [0.1, 0.15) is 39.5 Å². The SMILES string of the molecule is CCNC(=NCC(=O)NCCOC)NCCCN1CCCCC1C. The largest absolute Gasteiger partial charge is 0.383 e. The van der Waals surface area contributed by atoms with Crippen LogP contribution in [-0.4, -0.2) is 75.8 Å². The number of ether oxygens (including phenoxy) is 1. The summed E-state index contributed by atoms with van der Waals surface area (Å²) in [6.45, 7) is 9.47. The Morgan fingerprint density at radius 3 is 2.79 bits per heavy atom. The van der Waals surface area contributed by atoms with E-state index in [4.69, 9.17) is 4.74 Å². The lowest BCUT2D eigenvalue weighted by molar-refractivity contribution is -0.119. The highest BCUT2D eigenvalue weighted by atomic mass is 16.5. The standard InChI is InChI=1S/C17H35N5O2/c1-4-18-17(21-14-16(23)19-10-13-24-3)20-9-7-12-22-11-6-5-8-15(22)2/h15H,4-14H2,1-3H3,(H,19,23)(H2,18,20,21). The Hall–Kier alpha value is -1.34. The number of carbonyl (C=O) groups excluding carboxylic acids is 1. The molecule has 0 bridgehead atoms. The second-order valence-corrected chi connectivity index (χ2v) is 6.20. The predicted octanol–water partition coefficient (Wildman–Crippen LogP) is 0.569. The summed E-state index contributed by atoms with van der Waals surface area (Å²) >= 11 is 0. The number of guanidine groups is 1. The van der Waals surface area contributed by atoms with Crippen molar-refractivity contribution in [3.05, 3.63) is 0 Å². The zero-order chi connectivity index (χ0) is 17.6. The van der Waals surface area contributed by atoms with Gasteiger partial charge in [-0.3, -0.25) is 4.79 Å². The quantitative estimate of drug-likeness (QED) is 0.308. The number of nitrogens with zero attached hydrogens (tertiary/aromatic N) is 2. The Bertz CT molecular complexity index is 376. The van der Waals surface area contributed by atoms with Crippen LogP contribution in [0, 0.1) is 0 Å². The van der Waals surface area contributed by atoms with Gasteiger partial charge in [-0.2, -0.15) is 0 Å². The van der Waals surface area contributed by atoms with Gasteiger partial charge in [0.15, 0.2) is 5.96 Å². The van der Waals surface area contributed by atoms with Crippen molar-refractivity contribution in [3.63, 3.8) is 0 Å². The lowest BCUT2D eigenvalue weighted by Gasteiger charge is -2.33. The molecule has 0 radical (unpaired) electrons. The molecule has 3 N–H and O–H groups in total. The van der Waals surface area contributed by atoms with E-state index in [-0.39, 0.29) is 12.5 Å². The van der Waals surface area contributed by atoms with E-state index in [2.05, 4.69) is 32.8 Å². The highest BCUT2D eigenvalue weighted by molar-refractivity contribution is 5.84. The van der Waals surface area contributed by atoms with Gasteiger partial charge in [-0.05, 0) is 39.7 Å². The molecule has 140 valence electrons. The number of likely N-dealkylation sites (tertiary alicyclic amines) is 1. The van der Waals surface area contributed by atoms with Crippen molar-refractivity contribution in [1.82, 2.24) is 20.9 Å². The molecule has 1 rings (SSSR count). The summed E-state index contributed by atoms with van der Waals surface area (Å²) in [6, 6.07) is 0.705. The van der Waals surface area contributed by atoms with Crippen molar-refractivity contribution in [1.29, 1.82) is 0 Å². The number of amides is 1. The minimum atomic E-state index is -0.0913. The molecule has 7 nitrogen and oxygen atoms in total. The molecule has 1 aliphatic rings. The van der Waals surface area contributed by atoms with E-state index in [1.807, 2.05) is 6.92 Å². The van der Waals surface area contributed by atoms with Gasteiger partial charge in [-0.25, -0.2) is 4.99 Å². The molecule has 1 fully saturated rings. The third-order valence-electron chi connectivity index (χ3n) is 4.21. The van der Waals surface area contributed by atoms with Crippen LogP contribution in [-0.2, 0) is 9.53 Å². The summed E-state index contributed by atoms with van der Waals surface area (Å²) in [4.78, 5) is 18.6. The van der Waals surface area contributed by atoms with E-state index in [0.29, 0.717) is 25.2 Å². The number of rotatable bonds is 10. The highest BCUT2D eigenvalue weighted by Crippen LogP contribution is 2.15. The Labute approximate surface area is 146 Å². The lowest BCUT2D eigenvalue weighted by atomic mass is 10.0. The molecular formula is C17H35N5O2. The van der Waals surface area contributed by atoms with Crippen LogP contribution < -0.4 is 16.0 Å². The van der Waals surface area contributed by atoms with Crippen LogP contribution in [0.4, 0.5) is 0 Å². The van der Waals surface area contributed by atoms with Crippen molar-refractivity contribution >= 4 is 11.9 Å². The summed E-state index contributed by atoms with van der Waals surface area (Å²) in [5.41, 5.74) is 0. The van der Waals surface area contributed by atoms with Crippen molar-refractivity contribution in [3.8, 4) is 0 Å². The fraction of sp³-hybridized carbons (Fsp3) is 0.882. The average Bonchev–Trinajstić information content (AvgIpc) is 2.58. The fourth-order valence-electron chi connectivity index (χ4n) is 2.82. The van der Waals surface area contributed by atoms with Gasteiger partial charge in [0.2, 0.25) is 5.91 Å². The first-order chi connectivity index (χ1) is 11.7. The molecular weight excluding hydrogens is 306 g/mol. The molecule has 1 amide bonds. The van der Waals surface area contributed by atoms with Crippen molar-refractivity contribution in [2.75, 3.05) is 53.0 Å². The van der Waals surface area contributed by atoms with Gasteiger partial charge >= 0.3 is 0 Å². The average molecular weight is 342 g/mol. The van der Waals surface area contributed by atoms with E-state index < -0.39 is 0 Å². The minimum absolute atomic E-state index is 0.0913. The number of hydrogen-bond donors (Lipinski definition) is 3. The van der Waals surface area contributed by atoms with E-state index in [1.165, 1.54) is 25.8 Å². The van der Waals surface area contributed by atoms with Crippen molar-refractivity contribution in [2.45, 2.75) is 45.6 Å². The molecule has 0 aromatic carbocycles. The maximum absolute atomic E-state index is 11.7. The van der Waals surface area contributed by atoms with Gasteiger partial charge < -0.3 is 25.6 Å². The van der Waals surface area contributed by atoms with Crippen LogP contribution in [0.25, 0.3) is 0 Å². The van der Waals surface area contributed by atoms with Crippen LogP contribution in [0.2, 0.25) is 0 Å². The molecule has 0 saturated carbocycles. The van der Waals surface area contributed by atoms with Crippen LogP contribution in [0.3, 0.4) is 0 Å². The van der Waals surface area contributed by atoms with E-state index in [9.17, 15) is 4.79 Å². The van der Waals surface area contributed by atoms with Crippen molar-refractivity contribution in [2.24, 2.45) is 4.99 Å². The minimum Gasteiger partial charge on any atom is -0.383 e. The molecule has 1 unspecified atom stereocenters. The Morgan fingerprint density at radius 2 is 2.08 bits per heavy atom. The zero-order valence-corrected chi connectivity index (χ0v) is 15.6. The first-order valence-electron chi connectivity index (χ1n) is 9.19. The summed E-state index contributed by atoms with van der Waals surface area (Å²) in [5, 5.41) is 9.24. The first-order valence-corrected chi connectivity index (χ1v) is 9.19. The zero-order valence-electron chi connectivity index (χ0n) is 15.6. The maximum Gasteiger partial charge on any atom is 0.241 e. The molecule has 1 aliphatic heterocycles. The van der Waals surface area contributed by atoms with Gasteiger partial charge in [0.05, 0.1) is 6.61 Å². The predicted molar refractivity (Wildman–Crippen MR) is 98.4 cm³/mol. The molecule has 1 saturated heterocycles. The van der Waals surface area contributed by atoms with E-state index in [0.717, 1.165) is 26.1 Å². The van der Waals surface area contributed by atoms with Gasteiger partial charge in [0.25, 0.3) is 0 Å². The fourth-order valence-corrected chi connectivity index (χ4v) is 2.82. The van der Waals surface area contributed by atoms with Gasteiger partial charge in [-0.1, -0.05) is 6.42 Å². The highest BCUT2D eigenvalue weighted by Gasteiger charge is 2.17. The number of carbonyl (C=O) groups is 1. The van der Waals surface area contributed by atoms with Gasteiger partial charge in [0.1, 0.15) is 6.54 Å². The van der Waals surface area contributed by atoms with Crippen LogP contribution in [0.15, 0.2) is 4.99 Å². The smallest absolute Gasteiger partial charge is 0.241 e. The molecule has 1 atom stereocenters. The van der Waals surface area contributed by atoms with Crippen molar-refractivity contribution < 1.29 is 9.53 Å². The normalized spacial score (nSPS) is 19.1. The monoisotopic (exact) mass is 341 g/mol.